The Morgan fingerprint density at radius 1 is 1.11 bits per heavy atom. The molecule has 1 N–H and O–H groups in total. The third kappa shape index (κ3) is 4.52. The van der Waals surface area contributed by atoms with E-state index in [0.29, 0.717) is 0 Å². The zero-order chi connectivity index (χ0) is 12.8. The van der Waals surface area contributed by atoms with E-state index in [4.69, 9.17) is 0 Å². The zero-order valence-electron chi connectivity index (χ0n) is 12.3. The van der Waals surface area contributed by atoms with Crippen molar-refractivity contribution in [1.29, 1.82) is 0 Å². The van der Waals surface area contributed by atoms with E-state index < -0.39 is 0 Å². The van der Waals surface area contributed by atoms with Crippen LogP contribution in [0, 0.1) is 0 Å². The molecule has 1 saturated carbocycles. The molecule has 0 amide bonds. The summed E-state index contributed by atoms with van der Waals surface area (Å²) in [5.41, 5.74) is 0. The van der Waals surface area contributed by atoms with Gasteiger partial charge in [-0.1, -0.05) is 20.3 Å². The van der Waals surface area contributed by atoms with Gasteiger partial charge in [0.15, 0.2) is 0 Å². The summed E-state index contributed by atoms with van der Waals surface area (Å²) in [6, 6.07) is 1.66. The van der Waals surface area contributed by atoms with Crippen molar-refractivity contribution in [3.63, 3.8) is 0 Å². The molecular weight excluding hydrogens is 222 g/mol. The van der Waals surface area contributed by atoms with Crippen molar-refractivity contribution in [3.8, 4) is 0 Å². The lowest BCUT2D eigenvalue weighted by atomic mass is 10.0. The van der Waals surface area contributed by atoms with Crippen LogP contribution in [0.25, 0.3) is 0 Å². The molecule has 106 valence electrons. The Bertz CT molecular complexity index is 224. The normalized spacial score (nSPS) is 25.8. The summed E-state index contributed by atoms with van der Waals surface area (Å²) in [6.07, 6.45) is 7.05. The van der Waals surface area contributed by atoms with Crippen LogP contribution in [-0.4, -0.2) is 61.2 Å². The van der Waals surface area contributed by atoms with Crippen LogP contribution in [0.1, 0.15) is 46.0 Å². The molecule has 2 aliphatic rings. The highest BCUT2D eigenvalue weighted by Crippen LogP contribution is 2.21. The van der Waals surface area contributed by atoms with Crippen molar-refractivity contribution in [2.24, 2.45) is 0 Å². The molecule has 0 aromatic heterocycles. The fourth-order valence-corrected chi connectivity index (χ4v) is 2.99. The van der Waals surface area contributed by atoms with Crippen LogP contribution in [-0.2, 0) is 0 Å². The maximum atomic E-state index is 3.72. The summed E-state index contributed by atoms with van der Waals surface area (Å²) in [5.74, 6) is 0. The van der Waals surface area contributed by atoms with Gasteiger partial charge in [-0.2, -0.15) is 0 Å². The molecule has 1 unspecified atom stereocenters. The van der Waals surface area contributed by atoms with E-state index in [9.17, 15) is 0 Å². The third-order valence-corrected chi connectivity index (χ3v) is 4.57. The standard InChI is InChI=1S/C15H31N3/c1-3-17(4-2)11-12-18-10-6-5-7-15(18)13-16-14-8-9-14/h14-16H,3-13H2,1-2H3. The number of hydrogen-bond donors (Lipinski definition) is 1. The summed E-state index contributed by atoms with van der Waals surface area (Å²) < 4.78 is 0. The third-order valence-electron chi connectivity index (χ3n) is 4.57. The molecule has 2 fully saturated rings. The Kier molecular flexibility index (Phi) is 5.93. The quantitative estimate of drug-likeness (QED) is 0.713. The predicted molar refractivity (Wildman–Crippen MR) is 78.0 cm³/mol. The Balaban J connectivity index is 1.71. The molecule has 0 aromatic rings. The Hall–Kier alpha value is -0.120. The van der Waals surface area contributed by atoms with E-state index in [-0.39, 0.29) is 0 Å². The number of hydrogen-bond acceptors (Lipinski definition) is 3. The lowest BCUT2D eigenvalue weighted by molar-refractivity contribution is 0.126. The summed E-state index contributed by atoms with van der Waals surface area (Å²) >= 11 is 0. The van der Waals surface area contributed by atoms with Crippen LogP contribution in [0.2, 0.25) is 0 Å². The fraction of sp³-hybridized carbons (Fsp3) is 1.00. The smallest absolute Gasteiger partial charge is 0.0221 e. The van der Waals surface area contributed by atoms with Gasteiger partial charge in [0.05, 0.1) is 0 Å². The molecule has 1 heterocycles. The highest BCUT2D eigenvalue weighted by atomic mass is 15.2. The summed E-state index contributed by atoms with van der Waals surface area (Å²) in [4.78, 5) is 5.27. The maximum Gasteiger partial charge on any atom is 0.0221 e. The van der Waals surface area contributed by atoms with Crippen LogP contribution in [0.3, 0.4) is 0 Å². The van der Waals surface area contributed by atoms with Gasteiger partial charge >= 0.3 is 0 Å². The van der Waals surface area contributed by atoms with Gasteiger partial charge in [-0.25, -0.2) is 0 Å². The second-order valence-electron chi connectivity index (χ2n) is 5.89. The predicted octanol–water partition coefficient (Wildman–Crippen LogP) is 1.93. The van der Waals surface area contributed by atoms with Gasteiger partial charge in [0.25, 0.3) is 0 Å². The van der Waals surface area contributed by atoms with Crippen LogP contribution >= 0.6 is 0 Å². The number of nitrogens with zero attached hydrogens (tertiary/aromatic N) is 2. The first-order valence-corrected chi connectivity index (χ1v) is 8.03. The van der Waals surface area contributed by atoms with Crippen molar-refractivity contribution in [3.05, 3.63) is 0 Å². The monoisotopic (exact) mass is 253 g/mol. The van der Waals surface area contributed by atoms with E-state index in [1.165, 1.54) is 71.4 Å². The lowest BCUT2D eigenvalue weighted by Crippen LogP contribution is -2.48. The number of nitrogens with one attached hydrogen (secondary N) is 1. The summed E-state index contributed by atoms with van der Waals surface area (Å²) in [5, 5.41) is 3.72. The SMILES string of the molecule is CCN(CC)CCN1CCCCC1CNC1CC1. The van der Waals surface area contributed by atoms with Gasteiger partial charge in [0, 0.05) is 31.7 Å². The van der Waals surface area contributed by atoms with Gasteiger partial charge in [-0.05, 0) is 45.3 Å². The molecule has 1 aliphatic heterocycles. The fourth-order valence-electron chi connectivity index (χ4n) is 2.99. The number of piperidine rings is 1. The number of likely N-dealkylation sites (N-methyl/N-ethyl adjacent to an activating group) is 1. The first kappa shape index (κ1) is 14.3. The van der Waals surface area contributed by atoms with Crippen LogP contribution in [0.5, 0.6) is 0 Å². The largest absolute Gasteiger partial charge is 0.312 e. The molecule has 18 heavy (non-hydrogen) atoms. The van der Waals surface area contributed by atoms with Crippen molar-refractivity contribution < 1.29 is 0 Å². The zero-order valence-corrected chi connectivity index (χ0v) is 12.3. The highest BCUT2D eigenvalue weighted by molar-refractivity contribution is 4.86. The molecule has 1 aliphatic carbocycles. The first-order valence-electron chi connectivity index (χ1n) is 8.03. The molecule has 0 radical (unpaired) electrons. The van der Waals surface area contributed by atoms with Gasteiger partial charge in [-0.3, -0.25) is 4.90 Å². The Morgan fingerprint density at radius 3 is 2.56 bits per heavy atom. The molecule has 0 spiro atoms. The molecule has 3 heteroatoms. The minimum atomic E-state index is 0.801. The average Bonchev–Trinajstić information content (AvgIpc) is 3.23. The van der Waals surface area contributed by atoms with Gasteiger partial charge < -0.3 is 10.2 Å². The highest BCUT2D eigenvalue weighted by Gasteiger charge is 2.26. The minimum Gasteiger partial charge on any atom is -0.312 e. The van der Waals surface area contributed by atoms with Gasteiger partial charge in [0.1, 0.15) is 0 Å². The topological polar surface area (TPSA) is 18.5 Å². The molecule has 0 aromatic carbocycles. The second kappa shape index (κ2) is 7.46. The van der Waals surface area contributed by atoms with Gasteiger partial charge in [0.2, 0.25) is 0 Å². The van der Waals surface area contributed by atoms with Crippen molar-refractivity contribution in [2.75, 3.05) is 39.3 Å². The molecule has 0 bridgehead atoms. The number of likely N-dealkylation sites (tertiary alicyclic amines) is 1. The molecular formula is C15H31N3. The molecule has 1 atom stereocenters. The van der Waals surface area contributed by atoms with E-state index in [2.05, 4.69) is 29.0 Å². The van der Waals surface area contributed by atoms with Crippen LogP contribution in [0.15, 0.2) is 0 Å². The molecule has 1 saturated heterocycles. The molecule has 3 nitrogen and oxygen atoms in total. The summed E-state index contributed by atoms with van der Waals surface area (Å²) in [7, 11) is 0. The second-order valence-corrected chi connectivity index (χ2v) is 5.89. The number of rotatable bonds is 8. The van der Waals surface area contributed by atoms with Gasteiger partial charge in [-0.15, -0.1) is 0 Å². The van der Waals surface area contributed by atoms with E-state index >= 15 is 0 Å². The minimum absolute atomic E-state index is 0.801. The lowest BCUT2D eigenvalue weighted by Gasteiger charge is -2.37. The Labute approximate surface area is 113 Å². The van der Waals surface area contributed by atoms with Crippen LogP contribution < -0.4 is 5.32 Å². The first-order chi connectivity index (χ1) is 8.83. The van der Waals surface area contributed by atoms with E-state index in [1.807, 2.05) is 0 Å². The van der Waals surface area contributed by atoms with Crippen molar-refractivity contribution in [1.82, 2.24) is 15.1 Å². The van der Waals surface area contributed by atoms with Crippen molar-refractivity contribution >= 4 is 0 Å². The van der Waals surface area contributed by atoms with E-state index in [1.54, 1.807) is 0 Å². The van der Waals surface area contributed by atoms with Crippen LogP contribution in [0.4, 0.5) is 0 Å². The Morgan fingerprint density at radius 2 is 1.89 bits per heavy atom. The average molecular weight is 253 g/mol. The maximum absolute atomic E-state index is 3.72. The van der Waals surface area contributed by atoms with E-state index in [0.717, 1.165) is 12.1 Å². The summed E-state index contributed by atoms with van der Waals surface area (Å²) in [6.45, 7) is 12.0. The molecule has 2 rings (SSSR count). The van der Waals surface area contributed by atoms with Crippen molar-refractivity contribution in [2.45, 2.75) is 58.0 Å².